The van der Waals surface area contributed by atoms with Crippen LogP contribution < -0.4 is 5.32 Å². The van der Waals surface area contributed by atoms with Crippen molar-refractivity contribution in [3.63, 3.8) is 0 Å². The minimum absolute atomic E-state index is 0.0556. The zero-order valence-electron chi connectivity index (χ0n) is 11.5. The first kappa shape index (κ1) is 14.3. The molecule has 3 aromatic rings. The third-order valence-corrected chi connectivity index (χ3v) is 2.87. The molecule has 0 fully saturated rings. The maximum Gasteiger partial charge on any atom is 0.276 e. The highest BCUT2D eigenvalue weighted by molar-refractivity contribution is 6.02. The van der Waals surface area contributed by atoms with Gasteiger partial charge in [-0.05, 0) is 24.3 Å². The molecule has 3 rings (SSSR count). The van der Waals surface area contributed by atoms with Crippen molar-refractivity contribution < 1.29 is 9.72 Å². The van der Waals surface area contributed by atoms with Crippen molar-refractivity contribution in [3.05, 3.63) is 64.9 Å². The monoisotopic (exact) mass is 311 g/mol. The molecule has 1 amide bonds. The van der Waals surface area contributed by atoms with Gasteiger partial charge in [-0.2, -0.15) is 5.10 Å². The lowest BCUT2D eigenvalue weighted by Gasteiger charge is -2.04. The molecule has 0 saturated carbocycles. The Balaban J connectivity index is 1.71. The SMILES string of the molecule is O=C(Nc1ccc([N+](=O)[O-])cc1)c1ccc(-n2cncn2)nn1. The molecule has 0 aliphatic rings. The second-order valence-corrected chi connectivity index (χ2v) is 4.37. The molecule has 0 atom stereocenters. The minimum atomic E-state index is -0.514. The highest BCUT2D eigenvalue weighted by atomic mass is 16.6. The smallest absolute Gasteiger partial charge is 0.276 e. The van der Waals surface area contributed by atoms with Crippen molar-refractivity contribution in [1.82, 2.24) is 25.0 Å². The molecular weight excluding hydrogens is 302 g/mol. The highest BCUT2D eigenvalue weighted by Gasteiger charge is 2.11. The van der Waals surface area contributed by atoms with E-state index in [1.807, 2.05) is 0 Å². The molecule has 0 aliphatic heterocycles. The largest absolute Gasteiger partial charge is 0.321 e. The van der Waals surface area contributed by atoms with Gasteiger partial charge in [0.2, 0.25) is 0 Å². The molecular formula is C13H9N7O3. The van der Waals surface area contributed by atoms with Crippen LogP contribution in [0.25, 0.3) is 5.82 Å². The van der Waals surface area contributed by atoms with Gasteiger partial charge in [0.05, 0.1) is 4.92 Å². The van der Waals surface area contributed by atoms with E-state index in [1.54, 1.807) is 6.07 Å². The number of rotatable bonds is 4. The topological polar surface area (TPSA) is 129 Å². The second kappa shape index (κ2) is 5.97. The fraction of sp³-hybridized carbons (Fsp3) is 0. The Morgan fingerprint density at radius 1 is 1.13 bits per heavy atom. The first-order chi connectivity index (χ1) is 11.1. The van der Waals surface area contributed by atoms with Gasteiger partial charge in [0.15, 0.2) is 11.5 Å². The number of nitrogens with one attached hydrogen (secondary N) is 1. The molecule has 2 heterocycles. The first-order valence-corrected chi connectivity index (χ1v) is 6.38. The summed E-state index contributed by atoms with van der Waals surface area (Å²) in [5, 5.41) is 24.8. The van der Waals surface area contributed by atoms with Crippen LogP contribution in [0.2, 0.25) is 0 Å². The number of carbonyl (C=O) groups excluding carboxylic acids is 1. The second-order valence-electron chi connectivity index (χ2n) is 4.37. The summed E-state index contributed by atoms with van der Waals surface area (Å²) in [7, 11) is 0. The van der Waals surface area contributed by atoms with E-state index in [0.717, 1.165) is 0 Å². The van der Waals surface area contributed by atoms with Gasteiger partial charge < -0.3 is 5.32 Å². The van der Waals surface area contributed by atoms with Crippen molar-refractivity contribution in [2.45, 2.75) is 0 Å². The summed E-state index contributed by atoms with van der Waals surface area (Å²) >= 11 is 0. The van der Waals surface area contributed by atoms with Crippen LogP contribution in [0.1, 0.15) is 10.5 Å². The molecule has 0 bridgehead atoms. The summed E-state index contributed by atoms with van der Waals surface area (Å²) in [6.07, 6.45) is 2.82. The molecule has 0 radical (unpaired) electrons. The van der Waals surface area contributed by atoms with Gasteiger partial charge >= 0.3 is 0 Å². The van der Waals surface area contributed by atoms with Crippen LogP contribution in [-0.2, 0) is 0 Å². The Morgan fingerprint density at radius 3 is 2.48 bits per heavy atom. The van der Waals surface area contributed by atoms with Crippen LogP contribution in [0.4, 0.5) is 11.4 Å². The van der Waals surface area contributed by atoms with Crippen molar-refractivity contribution in [1.29, 1.82) is 0 Å². The molecule has 0 saturated heterocycles. The highest BCUT2D eigenvalue weighted by Crippen LogP contribution is 2.16. The summed E-state index contributed by atoms with van der Waals surface area (Å²) in [5.41, 5.74) is 0.468. The number of carbonyl (C=O) groups is 1. The van der Waals surface area contributed by atoms with Gasteiger partial charge in [-0.25, -0.2) is 9.67 Å². The zero-order chi connectivity index (χ0) is 16.2. The maximum absolute atomic E-state index is 12.0. The van der Waals surface area contributed by atoms with Gasteiger partial charge in [0.25, 0.3) is 11.6 Å². The van der Waals surface area contributed by atoms with Gasteiger partial charge in [0.1, 0.15) is 12.7 Å². The molecule has 114 valence electrons. The van der Waals surface area contributed by atoms with Crippen LogP contribution in [-0.4, -0.2) is 35.8 Å². The van der Waals surface area contributed by atoms with Gasteiger partial charge in [-0.15, -0.1) is 10.2 Å². The van der Waals surface area contributed by atoms with Crippen LogP contribution in [0, 0.1) is 10.1 Å². The molecule has 1 aromatic carbocycles. The average molecular weight is 311 g/mol. The van der Waals surface area contributed by atoms with Crippen molar-refractivity contribution in [2.24, 2.45) is 0 Å². The maximum atomic E-state index is 12.0. The Kier molecular flexibility index (Phi) is 3.70. The lowest BCUT2D eigenvalue weighted by atomic mass is 10.2. The summed E-state index contributed by atoms with van der Waals surface area (Å²) in [4.78, 5) is 25.9. The predicted molar refractivity (Wildman–Crippen MR) is 78.0 cm³/mol. The molecule has 23 heavy (non-hydrogen) atoms. The normalized spacial score (nSPS) is 10.3. The van der Waals surface area contributed by atoms with Crippen LogP contribution in [0.3, 0.4) is 0 Å². The molecule has 1 N–H and O–H groups in total. The van der Waals surface area contributed by atoms with Gasteiger partial charge in [0, 0.05) is 17.8 Å². The molecule has 0 unspecified atom stereocenters. The van der Waals surface area contributed by atoms with Crippen LogP contribution >= 0.6 is 0 Å². The van der Waals surface area contributed by atoms with Crippen molar-refractivity contribution >= 4 is 17.3 Å². The standard InChI is InChI=1S/C13H9N7O3/c21-13(16-9-1-3-10(4-2-9)20(22)23)11-5-6-12(18-17-11)19-8-14-7-15-19/h1-8H,(H,16,21). The van der Waals surface area contributed by atoms with Gasteiger partial charge in [-0.3, -0.25) is 14.9 Å². The minimum Gasteiger partial charge on any atom is -0.321 e. The fourth-order valence-electron chi connectivity index (χ4n) is 1.76. The third-order valence-electron chi connectivity index (χ3n) is 2.87. The predicted octanol–water partition coefficient (Wildman–Crippen LogP) is 1.22. The number of hydrogen-bond donors (Lipinski definition) is 1. The Morgan fingerprint density at radius 2 is 1.91 bits per heavy atom. The van der Waals surface area contributed by atoms with E-state index in [2.05, 4.69) is 25.6 Å². The van der Waals surface area contributed by atoms with E-state index in [-0.39, 0.29) is 11.4 Å². The van der Waals surface area contributed by atoms with E-state index >= 15 is 0 Å². The van der Waals surface area contributed by atoms with Crippen molar-refractivity contribution in [2.75, 3.05) is 5.32 Å². The number of non-ortho nitro benzene ring substituents is 1. The number of anilines is 1. The number of amides is 1. The number of aromatic nitrogens is 5. The molecule has 0 spiro atoms. The number of hydrogen-bond acceptors (Lipinski definition) is 7. The fourth-order valence-corrected chi connectivity index (χ4v) is 1.76. The van der Waals surface area contributed by atoms with Crippen LogP contribution in [0.15, 0.2) is 49.1 Å². The summed E-state index contributed by atoms with van der Waals surface area (Å²) in [6.45, 7) is 0. The van der Waals surface area contributed by atoms with Crippen LogP contribution in [0.5, 0.6) is 0 Å². The number of nitro groups is 1. The Hall–Kier alpha value is -3.69. The first-order valence-electron chi connectivity index (χ1n) is 6.38. The van der Waals surface area contributed by atoms with Crippen molar-refractivity contribution in [3.8, 4) is 5.82 Å². The summed E-state index contributed by atoms with van der Waals surface area (Å²) in [6, 6.07) is 8.54. The number of nitrogens with zero attached hydrogens (tertiary/aromatic N) is 6. The zero-order valence-corrected chi connectivity index (χ0v) is 11.5. The summed E-state index contributed by atoms with van der Waals surface area (Å²) in [5.74, 6) is -0.0501. The lowest BCUT2D eigenvalue weighted by molar-refractivity contribution is -0.384. The van der Waals surface area contributed by atoms with Gasteiger partial charge in [-0.1, -0.05) is 0 Å². The summed E-state index contributed by atoms with van der Waals surface area (Å²) < 4.78 is 1.41. The Labute approximate surface area is 129 Å². The van der Waals surface area contributed by atoms with E-state index in [0.29, 0.717) is 11.5 Å². The van der Waals surface area contributed by atoms with E-state index in [9.17, 15) is 14.9 Å². The number of nitro benzene ring substituents is 1. The molecule has 10 nitrogen and oxygen atoms in total. The quantitative estimate of drug-likeness (QED) is 0.566. The molecule has 0 aliphatic carbocycles. The molecule has 10 heteroatoms. The third kappa shape index (κ3) is 3.15. The average Bonchev–Trinajstić information content (AvgIpc) is 3.10. The number of benzene rings is 1. The molecule has 2 aromatic heterocycles. The van der Waals surface area contributed by atoms with E-state index < -0.39 is 10.8 Å². The van der Waals surface area contributed by atoms with E-state index in [1.165, 1.54) is 47.7 Å². The lowest BCUT2D eigenvalue weighted by Crippen LogP contribution is -2.15. The van der Waals surface area contributed by atoms with E-state index in [4.69, 9.17) is 0 Å². The Bertz CT molecular complexity index is 829.